The Hall–Kier alpha value is -4.42. The van der Waals surface area contributed by atoms with Crippen LogP contribution in [-0.4, -0.2) is 0 Å². The van der Waals surface area contributed by atoms with Crippen molar-refractivity contribution in [3.05, 3.63) is 124 Å². The van der Waals surface area contributed by atoms with Crippen LogP contribution in [0.2, 0.25) is 0 Å². The number of hydrogen-bond donors (Lipinski definition) is 0. The van der Waals surface area contributed by atoms with Gasteiger partial charge in [0.1, 0.15) is 23.3 Å². The first-order valence-electron chi connectivity index (χ1n) is 9.84. The number of benzene rings is 4. The molecule has 0 spiro atoms. The van der Waals surface area contributed by atoms with E-state index in [1.165, 1.54) is 48.5 Å². The van der Waals surface area contributed by atoms with Crippen LogP contribution >= 0.6 is 0 Å². The van der Waals surface area contributed by atoms with Crippen molar-refractivity contribution < 1.29 is 17.6 Å². The maximum Gasteiger partial charge on any atom is 0.187 e. The number of hydrogen-bond acceptors (Lipinski definition) is 1. The maximum atomic E-state index is 14.7. The number of rotatable bonds is 4. The molecule has 0 saturated heterocycles. The topological polar surface area (TPSA) is 28.1 Å². The van der Waals surface area contributed by atoms with Gasteiger partial charge in [-0.1, -0.05) is 36.4 Å². The second-order valence-corrected chi connectivity index (χ2v) is 7.39. The lowest BCUT2D eigenvalue weighted by Gasteiger charge is -2.11. The quantitative estimate of drug-likeness (QED) is 0.236. The summed E-state index contributed by atoms with van der Waals surface area (Å²) < 4.78 is 58.9. The molecule has 0 saturated carbocycles. The number of halogens is 4. The monoisotopic (exact) mass is 442 g/mol. The molecule has 0 aliphatic carbocycles. The highest BCUT2D eigenvalue weighted by Gasteiger charge is 2.17. The summed E-state index contributed by atoms with van der Waals surface area (Å²) in [6, 6.07) is 18.1. The van der Waals surface area contributed by atoms with Gasteiger partial charge in [-0.05, 0) is 65.1 Å². The third-order valence-corrected chi connectivity index (χ3v) is 5.20. The molecule has 4 aromatic rings. The van der Waals surface area contributed by atoms with E-state index < -0.39 is 23.3 Å². The molecule has 160 valence electrons. The Morgan fingerprint density at radius 2 is 1.06 bits per heavy atom. The van der Waals surface area contributed by atoms with Crippen molar-refractivity contribution in [2.75, 3.05) is 0 Å². The molecule has 2 nitrogen and oxygen atoms in total. The van der Waals surface area contributed by atoms with E-state index in [4.69, 9.17) is 11.8 Å². The molecule has 0 amide bonds. The van der Waals surface area contributed by atoms with E-state index >= 15 is 0 Å². The van der Waals surface area contributed by atoms with Gasteiger partial charge in [0.25, 0.3) is 0 Å². The average molecular weight is 442 g/mol. The normalized spacial score (nSPS) is 10.5. The van der Waals surface area contributed by atoms with Gasteiger partial charge in [0.2, 0.25) is 0 Å². The molecule has 0 unspecified atom stereocenters. The first-order valence-corrected chi connectivity index (χ1v) is 9.84. The fourth-order valence-electron chi connectivity index (χ4n) is 3.66. The van der Waals surface area contributed by atoms with Crippen molar-refractivity contribution in [3.8, 4) is 28.3 Å². The summed E-state index contributed by atoms with van der Waals surface area (Å²) in [4.78, 5) is 3.25. The lowest BCUT2D eigenvalue weighted by Crippen LogP contribution is -1.99. The Kier molecular flexibility index (Phi) is 5.93. The Morgan fingerprint density at radius 1 is 0.667 bits per heavy atom. The van der Waals surface area contributed by atoms with E-state index in [9.17, 15) is 17.6 Å². The Balaban J connectivity index is 1.63. The molecule has 0 aliphatic heterocycles. The minimum atomic E-state index is -0.813. The molecular formula is C27H14F4N2. The molecule has 4 aromatic carbocycles. The predicted molar refractivity (Wildman–Crippen MR) is 117 cm³/mol. The van der Waals surface area contributed by atoms with E-state index in [2.05, 4.69) is 4.85 Å². The van der Waals surface area contributed by atoms with Crippen LogP contribution in [-0.2, 0) is 6.42 Å². The van der Waals surface area contributed by atoms with Gasteiger partial charge in [-0.15, -0.1) is 0 Å². The summed E-state index contributed by atoms with van der Waals surface area (Å²) in [6.07, 6.45) is -0.0771. The SMILES string of the molecule is [C-]#[N+]c1ccc(-c2c(F)cc(Cc3cc(F)c(-c4ccc(C#N)cc4)c(F)c3)cc2F)cc1. The molecule has 0 bridgehead atoms. The van der Waals surface area contributed by atoms with E-state index in [0.717, 1.165) is 24.3 Å². The van der Waals surface area contributed by atoms with E-state index in [1.54, 1.807) is 0 Å². The highest BCUT2D eigenvalue weighted by Crippen LogP contribution is 2.31. The molecule has 0 radical (unpaired) electrons. The summed E-state index contributed by atoms with van der Waals surface area (Å²) in [7, 11) is 0. The van der Waals surface area contributed by atoms with Crippen LogP contribution in [0.4, 0.5) is 23.2 Å². The third-order valence-electron chi connectivity index (χ3n) is 5.20. The largest absolute Gasteiger partial charge is 0.238 e. The second kappa shape index (κ2) is 8.98. The molecular weight excluding hydrogens is 428 g/mol. The summed E-state index contributed by atoms with van der Waals surface area (Å²) in [5.41, 5.74) is 1.25. The van der Waals surface area contributed by atoms with Crippen LogP contribution in [0.3, 0.4) is 0 Å². The van der Waals surface area contributed by atoms with Gasteiger partial charge >= 0.3 is 0 Å². The van der Waals surface area contributed by atoms with Crippen LogP contribution < -0.4 is 0 Å². The van der Waals surface area contributed by atoms with Crippen molar-refractivity contribution in [3.63, 3.8) is 0 Å². The van der Waals surface area contributed by atoms with E-state index in [-0.39, 0.29) is 39.8 Å². The summed E-state index contributed by atoms with van der Waals surface area (Å²) >= 11 is 0. The predicted octanol–water partition coefficient (Wildman–Crippen LogP) is 7.59. The zero-order chi connectivity index (χ0) is 23.5. The van der Waals surface area contributed by atoms with Gasteiger partial charge in [-0.2, -0.15) is 5.26 Å². The lowest BCUT2D eigenvalue weighted by atomic mass is 9.96. The van der Waals surface area contributed by atoms with E-state index in [1.807, 2.05) is 6.07 Å². The molecule has 0 heterocycles. The van der Waals surface area contributed by atoms with Crippen molar-refractivity contribution in [1.82, 2.24) is 0 Å². The smallest absolute Gasteiger partial charge is 0.187 e. The Bertz CT molecular complexity index is 1270. The molecule has 0 fully saturated rings. The van der Waals surface area contributed by atoms with Gasteiger partial charge < -0.3 is 0 Å². The molecule has 6 heteroatoms. The van der Waals surface area contributed by atoms with Gasteiger partial charge in [0.05, 0.1) is 29.3 Å². The van der Waals surface area contributed by atoms with Crippen molar-refractivity contribution in [1.29, 1.82) is 5.26 Å². The number of nitrogens with zero attached hydrogens (tertiary/aromatic N) is 2. The lowest BCUT2D eigenvalue weighted by molar-refractivity contribution is 0.584. The van der Waals surface area contributed by atoms with Gasteiger partial charge in [-0.25, -0.2) is 22.4 Å². The molecule has 0 aliphatic rings. The summed E-state index contributed by atoms with van der Waals surface area (Å²) in [5.74, 6) is -3.24. The first-order chi connectivity index (χ1) is 15.9. The average Bonchev–Trinajstić information content (AvgIpc) is 2.79. The van der Waals surface area contributed by atoms with Crippen LogP contribution in [0.25, 0.3) is 27.1 Å². The summed E-state index contributed by atoms with van der Waals surface area (Å²) in [6.45, 7) is 6.96. The molecule has 0 N–H and O–H groups in total. The Labute approximate surface area is 187 Å². The van der Waals surface area contributed by atoms with Crippen LogP contribution in [0.15, 0.2) is 72.8 Å². The summed E-state index contributed by atoms with van der Waals surface area (Å²) in [5, 5.41) is 8.86. The maximum absolute atomic E-state index is 14.7. The number of nitriles is 1. The molecule has 4 rings (SSSR count). The van der Waals surface area contributed by atoms with Crippen LogP contribution in [0, 0.1) is 41.2 Å². The van der Waals surface area contributed by atoms with Crippen molar-refractivity contribution in [2.45, 2.75) is 6.42 Å². The van der Waals surface area contributed by atoms with E-state index in [0.29, 0.717) is 11.3 Å². The molecule has 33 heavy (non-hydrogen) atoms. The first kappa shape index (κ1) is 21.8. The minimum Gasteiger partial charge on any atom is -0.238 e. The fourth-order valence-corrected chi connectivity index (χ4v) is 3.66. The van der Waals surface area contributed by atoms with Crippen LogP contribution in [0.1, 0.15) is 16.7 Å². The second-order valence-electron chi connectivity index (χ2n) is 7.39. The third kappa shape index (κ3) is 4.46. The van der Waals surface area contributed by atoms with Crippen LogP contribution in [0.5, 0.6) is 0 Å². The zero-order valence-corrected chi connectivity index (χ0v) is 17.0. The fraction of sp³-hybridized carbons (Fsp3) is 0.0370. The highest BCUT2D eigenvalue weighted by molar-refractivity contribution is 5.68. The Morgan fingerprint density at radius 3 is 1.42 bits per heavy atom. The van der Waals surface area contributed by atoms with Gasteiger partial charge in [-0.3, -0.25) is 0 Å². The zero-order valence-electron chi connectivity index (χ0n) is 17.0. The van der Waals surface area contributed by atoms with Gasteiger partial charge in [0.15, 0.2) is 5.69 Å². The molecule has 0 atom stereocenters. The minimum absolute atomic E-state index is 0.0771. The molecule has 0 aromatic heterocycles. The van der Waals surface area contributed by atoms with Crippen molar-refractivity contribution in [2.24, 2.45) is 0 Å². The standard InChI is InChI=1S/C27H14F4N2/c1-33-21-8-6-20(7-9-21)27-24(30)13-18(14-25(27)31)10-17-11-22(28)26(23(29)12-17)19-4-2-16(15-32)3-5-19/h2-9,11-14H,10H2. The highest BCUT2D eigenvalue weighted by atomic mass is 19.1. The van der Waals surface area contributed by atoms with Crippen molar-refractivity contribution >= 4 is 5.69 Å². The van der Waals surface area contributed by atoms with Gasteiger partial charge in [0, 0.05) is 0 Å².